The predicted molar refractivity (Wildman–Crippen MR) is 75.7 cm³/mol. The third-order valence-corrected chi connectivity index (χ3v) is 5.76. The average molecular weight is 272 g/mol. The summed E-state index contributed by atoms with van der Waals surface area (Å²) in [6, 6.07) is 0.523. The summed E-state index contributed by atoms with van der Waals surface area (Å²) in [4.78, 5) is 0. The summed E-state index contributed by atoms with van der Waals surface area (Å²) < 4.78 is 1.78. The van der Waals surface area contributed by atoms with Crippen molar-refractivity contribution in [2.24, 2.45) is 7.05 Å². The molecule has 96 valence electrons. The predicted octanol–water partition coefficient (Wildman–Crippen LogP) is 1.18. The van der Waals surface area contributed by atoms with Gasteiger partial charge in [-0.15, -0.1) is 5.10 Å². The van der Waals surface area contributed by atoms with Gasteiger partial charge in [0, 0.05) is 48.2 Å². The monoisotopic (exact) mass is 272 g/mol. The van der Waals surface area contributed by atoms with Crippen LogP contribution in [-0.4, -0.2) is 50.1 Å². The summed E-state index contributed by atoms with van der Waals surface area (Å²) in [6.07, 6.45) is 3.00. The lowest BCUT2D eigenvalue weighted by Crippen LogP contribution is -2.42. The first-order chi connectivity index (χ1) is 8.29. The standard InChI is InChI=1S/C11H20N4S2/c1-3-12-10(11-8-16-4-5-17-11)6-9-7-15(2)14-13-9/h7,10-12H,3-6,8H2,1-2H3. The number of aryl methyl sites for hydroxylation is 1. The molecule has 0 aromatic carbocycles. The smallest absolute Gasteiger partial charge is 0.0842 e. The Morgan fingerprint density at radius 1 is 1.59 bits per heavy atom. The van der Waals surface area contributed by atoms with Crippen LogP contribution >= 0.6 is 23.5 Å². The molecular weight excluding hydrogens is 252 g/mol. The lowest BCUT2D eigenvalue weighted by Gasteiger charge is -2.29. The van der Waals surface area contributed by atoms with Crippen molar-refractivity contribution in [1.29, 1.82) is 0 Å². The molecule has 2 heterocycles. The molecule has 4 nitrogen and oxygen atoms in total. The second-order valence-corrected chi connectivity index (χ2v) is 6.73. The van der Waals surface area contributed by atoms with Gasteiger partial charge in [0.25, 0.3) is 0 Å². The van der Waals surface area contributed by atoms with Crippen molar-refractivity contribution in [2.75, 3.05) is 23.8 Å². The van der Waals surface area contributed by atoms with Crippen LogP contribution < -0.4 is 5.32 Å². The highest BCUT2D eigenvalue weighted by Gasteiger charge is 2.24. The molecule has 2 atom stereocenters. The zero-order valence-corrected chi connectivity index (χ0v) is 12.1. The zero-order chi connectivity index (χ0) is 12.1. The molecule has 1 aromatic heterocycles. The molecule has 1 fully saturated rings. The van der Waals surface area contributed by atoms with Crippen LogP contribution in [0.3, 0.4) is 0 Å². The molecule has 1 N–H and O–H groups in total. The van der Waals surface area contributed by atoms with Gasteiger partial charge in [-0.1, -0.05) is 12.1 Å². The van der Waals surface area contributed by atoms with Crippen molar-refractivity contribution in [1.82, 2.24) is 20.3 Å². The van der Waals surface area contributed by atoms with E-state index in [-0.39, 0.29) is 0 Å². The minimum absolute atomic E-state index is 0.523. The van der Waals surface area contributed by atoms with Crippen molar-refractivity contribution in [2.45, 2.75) is 24.6 Å². The number of nitrogens with one attached hydrogen (secondary N) is 1. The normalized spacial score (nSPS) is 22.6. The van der Waals surface area contributed by atoms with Gasteiger partial charge in [-0.2, -0.15) is 23.5 Å². The van der Waals surface area contributed by atoms with E-state index in [1.54, 1.807) is 4.68 Å². The van der Waals surface area contributed by atoms with Gasteiger partial charge in [0.15, 0.2) is 0 Å². The van der Waals surface area contributed by atoms with Crippen LogP contribution in [0.5, 0.6) is 0 Å². The summed E-state index contributed by atoms with van der Waals surface area (Å²) in [5, 5.41) is 12.5. The Balaban J connectivity index is 1.95. The fourth-order valence-electron chi connectivity index (χ4n) is 2.05. The second-order valence-electron chi connectivity index (χ2n) is 4.24. The van der Waals surface area contributed by atoms with Crippen LogP contribution in [0.25, 0.3) is 0 Å². The largest absolute Gasteiger partial charge is 0.313 e. The molecule has 1 saturated heterocycles. The van der Waals surface area contributed by atoms with E-state index >= 15 is 0 Å². The molecule has 0 spiro atoms. The highest BCUT2D eigenvalue weighted by molar-refractivity contribution is 8.06. The van der Waals surface area contributed by atoms with Crippen LogP contribution in [0.4, 0.5) is 0 Å². The van der Waals surface area contributed by atoms with Gasteiger partial charge >= 0.3 is 0 Å². The first-order valence-electron chi connectivity index (χ1n) is 6.07. The minimum atomic E-state index is 0.523. The summed E-state index contributed by atoms with van der Waals surface area (Å²) >= 11 is 4.17. The summed E-state index contributed by atoms with van der Waals surface area (Å²) in [6.45, 7) is 3.19. The fourth-order valence-corrected chi connectivity index (χ4v) is 4.94. The van der Waals surface area contributed by atoms with Gasteiger partial charge in [0.1, 0.15) is 0 Å². The Hall–Kier alpha value is -0.200. The molecule has 6 heteroatoms. The first-order valence-corrected chi connectivity index (χ1v) is 8.28. The van der Waals surface area contributed by atoms with Crippen LogP contribution in [0.2, 0.25) is 0 Å². The van der Waals surface area contributed by atoms with Crippen LogP contribution in [-0.2, 0) is 13.5 Å². The summed E-state index contributed by atoms with van der Waals surface area (Å²) in [5.74, 6) is 3.82. The molecule has 2 rings (SSSR count). The Labute approximate surface area is 111 Å². The number of hydrogen-bond acceptors (Lipinski definition) is 5. The average Bonchev–Trinajstić information content (AvgIpc) is 2.75. The van der Waals surface area contributed by atoms with Gasteiger partial charge in [0.05, 0.1) is 5.69 Å². The van der Waals surface area contributed by atoms with E-state index in [2.05, 4.69) is 46.1 Å². The molecule has 1 aliphatic rings. The molecule has 2 unspecified atom stereocenters. The van der Waals surface area contributed by atoms with E-state index < -0.39 is 0 Å². The van der Waals surface area contributed by atoms with E-state index in [1.165, 1.54) is 17.3 Å². The lowest BCUT2D eigenvalue weighted by molar-refractivity contribution is 0.517. The van der Waals surface area contributed by atoms with Gasteiger partial charge in [0.2, 0.25) is 0 Å². The fraction of sp³-hybridized carbons (Fsp3) is 0.818. The molecule has 0 amide bonds. The molecule has 0 aliphatic carbocycles. The Morgan fingerprint density at radius 3 is 3.06 bits per heavy atom. The van der Waals surface area contributed by atoms with E-state index in [0.717, 1.165) is 18.7 Å². The Kier molecular flexibility index (Phi) is 5.18. The molecule has 17 heavy (non-hydrogen) atoms. The van der Waals surface area contributed by atoms with Crippen LogP contribution in [0.1, 0.15) is 12.6 Å². The number of aromatic nitrogens is 3. The maximum Gasteiger partial charge on any atom is 0.0842 e. The van der Waals surface area contributed by atoms with Crippen molar-refractivity contribution < 1.29 is 0 Å². The molecule has 1 aromatic rings. The number of likely N-dealkylation sites (N-methyl/N-ethyl adjacent to an activating group) is 1. The topological polar surface area (TPSA) is 42.7 Å². The lowest BCUT2D eigenvalue weighted by atomic mass is 10.1. The SMILES string of the molecule is CCNC(Cc1cn(C)nn1)C1CSCCS1. The number of hydrogen-bond donors (Lipinski definition) is 1. The molecule has 0 bridgehead atoms. The van der Waals surface area contributed by atoms with Crippen molar-refractivity contribution in [3.05, 3.63) is 11.9 Å². The van der Waals surface area contributed by atoms with Crippen molar-refractivity contribution in [3.63, 3.8) is 0 Å². The van der Waals surface area contributed by atoms with E-state index in [9.17, 15) is 0 Å². The maximum atomic E-state index is 4.19. The van der Waals surface area contributed by atoms with Crippen molar-refractivity contribution >= 4 is 23.5 Å². The maximum absolute atomic E-state index is 4.19. The Bertz CT molecular complexity index is 336. The first kappa shape index (κ1) is 13.2. The van der Waals surface area contributed by atoms with Crippen LogP contribution in [0.15, 0.2) is 6.20 Å². The summed E-state index contributed by atoms with van der Waals surface area (Å²) in [7, 11) is 1.92. The summed E-state index contributed by atoms with van der Waals surface area (Å²) in [5.41, 5.74) is 1.09. The Morgan fingerprint density at radius 2 is 2.47 bits per heavy atom. The van der Waals surface area contributed by atoms with E-state index in [1.807, 2.05) is 13.2 Å². The number of thioether (sulfide) groups is 2. The van der Waals surface area contributed by atoms with Gasteiger partial charge in [-0.05, 0) is 6.54 Å². The minimum Gasteiger partial charge on any atom is -0.313 e. The van der Waals surface area contributed by atoms with Gasteiger partial charge < -0.3 is 5.32 Å². The third-order valence-electron chi connectivity index (χ3n) is 2.84. The van der Waals surface area contributed by atoms with Gasteiger partial charge in [-0.25, -0.2) is 0 Å². The highest BCUT2D eigenvalue weighted by Crippen LogP contribution is 2.27. The van der Waals surface area contributed by atoms with Gasteiger partial charge in [-0.3, -0.25) is 4.68 Å². The second kappa shape index (κ2) is 6.66. The van der Waals surface area contributed by atoms with E-state index in [0.29, 0.717) is 11.3 Å². The van der Waals surface area contributed by atoms with Crippen molar-refractivity contribution in [3.8, 4) is 0 Å². The van der Waals surface area contributed by atoms with E-state index in [4.69, 9.17) is 0 Å². The molecular formula is C11H20N4S2. The quantitative estimate of drug-likeness (QED) is 0.872. The van der Waals surface area contributed by atoms with Crippen LogP contribution in [0, 0.1) is 0 Å². The molecule has 0 saturated carbocycles. The molecule has 0 radical (unpaired) electrons. The number of nitrogens with zero attached hydrogens (tertiary/aromatic N) is 3. The number of rotatable bonds is 5. The third kappa shape index (κ3) is 3.89. The zero-order valence-electron chi connectivity index (χ0n) is 10.4. The molecule has 1 aliphatic heterocycles. The highest BCUT2D eigenvalue weighted by atomic mass is 32.2.